The van der Waals surface area contributed by atoms with Gasteiger partial charge in [0.1, 0.15) is 0 Å². The van der Waals surface area contributed by atoms with Gasteiger partial charge in [-0.3, -0.25) is 4.79 Å². The van der Waals surface area contributed by atoms with Gasteiger partial charge >= 0.3 is 0 Å². The average molecular weight is 259 g/mol. The molecule has 0 rings (SSSR count). The van der Waals surface area contributed by atoms with Gasteiger partial charge in [-0.15, -0.1) is 0 Å². The van der Waals surface area contributed by atoms with E-state index in [0.717, 1.165) is 58.1 Å². The van der Waals surface area contributed by atoms with Crippen LogP contribution >= 0.6 is 0 Å². The van der Waals surface area contributed by atoms with E-state index in [1.807, 2.05) is 0 Å². The van der Waals surface area contributed by atoms with Crippen LogP contribution in [0.4, 0.5) is 0 Å². The second kappa shape index (κ2) is 12.8. The molecule has 0 fully saturated rings. The maximum absolute atomic E-state index is 11.6. The molecule has 5 N–H and O–H groups in total. The molecule has 0 aromatic carbocycles. The Bertz CT molecular complexity index is 201. The molecule has 0 aliphatic carbocycles. The third-order valence-corrected chi connectivity index (χ3v) is 2.88. The summed E-state index contributed by atoms with van der Waals surface area (Å²) < 4.78 is 4.97. The summed E-state index contributed by atoms with van der Waals surface area (Å²) in [5.74, 6) is -0.0380. The van der Waals surface area contributed by atoms with E-state index in [0.29, 0.717) is 6.54 Å². The molecule has 1 unspecified atom stereocenters. The predicted molar refractivity (Wildman–Crippen MR) is 74.2 cm³/mol. The van der Waals surface area contributed by atoms with Gasteiger partial charge < -0.3 is 21.5 Å². The van der Waals surface area contributed by atoms with Crippen molar-refractivity contribution in [2.75, 3.05) is 26.8 Å². The molecule has 0 aliphatic heterocycles. The lowest BCUT2D eigenvalue weighted by Crippen LogP contribution is -2.40. The molecular formula is C13H29N3O2. The molecule has 0 aliphatic rings. The molecule has 0 aromatic heterocycles. The Morgan fingerprint density at radius 3 is 2.56 bits per heavy atom. The fourth-order valence-corrected chi connectivity index (χ4v) is 1.71. The van der Waals surface area contributed by atoms with Gasteiger partial charge in [0.25, 0.3) is 0 Å². The van der Waals surface area contributed by atoms with Gasteiger partial charge in [0.2, 0.25) is 5.91 Å². The standard InChI is InChI=1S/C13H29N3O2/c1-18-11-7-3-2-6-10-16-13(17)12(15)8-4-5-9-14/h12H,2-11,14-15H2,1H3,(H,16,17). The second-order valence-electron chi connectivity index (χ2n) is 4.59. The normalized spacial score (nSPS) is 12.4. The lowest BCUT2D eigenvalue weighted by molar-refractivity contribution is -0.122. The summed E-state index contributed by atoms with van der Waals surface area (Å²) in [6.07, 6.45) is 6.92. The van der Waals surface area contributed by atoms with Gasteiger partial charge in [-0.05, 0) is 32.2 Å². The largest absolute Gasteiger partial charge is 0.385 e. The number of hydrogen-bond donors (Lipinski definition) is 3. The van der Waals surface area contributed by atoms with Gasteiger partial charge in [-0.1, -0.05) is 19.3 Å². The van der Waals surface area contributed by atoms with Crippen molar-refractivity contribution in [2.45, 2.75) is 51.0 Å². The number of methoxy groups -OCH3 is 1. The molecule has 5 heteroatoms. The Morgan fingerprint density at radius 2 is 1.89 bits per heavy atom. The van der Waals surface area contributed by atoms with Gasteiger partial charge in [-0.25, -0.2) is 0 Å². The van der Waals surface area contributed by atoms with Crippen LogP contribution in [-0.4, -0.2) is 38.8 Å². The van der Waals surface area contributed by atoms with Crippen LogP contribution in [0.3, 0.4) is 0 Å². The van der Waals surface area contributed by atoms with Gasteiger partial charge in [-0.2, -0.15) is 0 Å². The van der Waals surface area contributed by atoms with Crippen LogP contribution in [0.15, 0.2) is 0 Å². The molecule has 0 bridgehead atoms. The minimum atomic E-state index is -0.384. The molecule has 18 heavy (non-hydrogen) atoms. The van der Waals surface area contributed by atoms with Gasteiger partial charge in [0, 0.05) is 20.3 Å². The summed E-state index contributed by atoms with van der Waals surface area (Å²) in [5, 5.41) is 2.87. The van der Waals surface area contributed by atoms with Crippen molar-refractivity contribution in [3.05, 3.63) is 0 Å². The first kappa shape index (κ1) is 17.4. The van der Waals surface area contributed by atoms with E-state index in [2.05, 4.69) is 5.32 Å². The second-order valence-corrected chi connectivity index (χ2v) is 4.59. The number of hydrogen-bond acceptors (Lipinski definition) is 4. The van der Waals surface area contributed by atoms with E-state index in [1.54, 1.807) is 7.11 Å². The van der Waals surface area contributed by atoms with E-state index in [4.69, 9.17) is 16.2 Å². The number of nitrogens with one attached hydrogen (secondary N) is 1. The first-order valence-electron chi connectivity index (χ1n) is 6.94. The fourth-order valence-electron chi connectivity index (χ4n) is 1.71. The zero-order valence-electron chi connectivity index (χ0n) is 11.6. The van der Waals surface area contributed by atoms with Crippen LogP contribution in [0, 0.1) is 0 Å². The highest BCUT2D eigenvalue weighted by molar-refractivity contribution is 5.81. The van der Waals surface area contributed by atoms with Crippen molar-refractivity contribution in [1.82, 2.24) is 5.32 Å². The Balaban J connectivity index is 3.35. The highest BCUT2D eigenvalue weighted by Crippen LogP contribution is 2.00. The Morgan fingerprint density at radius 1 is 1.17 bits per heavy atom. The molecule has 0 spiro atoms. The molecule has 1 atom stereocenters. The van der Waals surface area contributed by atoms with Crippen LogP contribution < -0.4 is 16.8 Å². The topological polar surface area (TPSA) is 90.4 Å². The minimum Gasteiger partial charge on any atom is -0.385 e. The highest BCUT2D eigenvalue weighted by atomic mass is 16.5. The van der Waals surface area contributed by atoms with Crippen LogP contribution in [0.2, 0.25) is 0 Å². The lowest BCUT2D eigenvalue weighted by atomic mass is 10.1. The maximum atomic E-state index is 11.6. The highest BCUT2D eigenvalue weighted by Gasteiger charge is 2.11. The van der Waals surface area contributed by atoms with E-state index < -0.39 is 0 Å². The molecule has 0 saturated heterocycles. The lowest BCUT2D eigenvalue weighted by Gasteiger charge is -2.11. The van der Waals surface area contributed by atoms with E-state index in [-0.39, 0.29) is 11.9 Å². The molecule has 0 radical (unpaired) electrons. The van der Waals surface area contributed by atoms with Crippen molar-refractivity contribution in [1.29, 1.82) is 0 Å². The number of carbonyl (C=O) groups excluding carboxylic acids is 1. The van der Waals surface area contributed by atoms with E-state index in [9.17, 15) is 4.79 Å². The summed E-state index contributed by atoms with van der Waals surface area (Å²) in [6.45, 7) is 2.20. The molecule has 0 saturated carbocycles. The molecular weight excluding hydrogens is 230 g/mol. The van der Waals surface area contributed by atoms with Crippen molar-refractivity contribution in [2.24, 2.45) is 11.5 Å². The Labute approximate surface area is 111 Å². The third-order valence-electron chi connectivity index (χ3n) is 2.88. The summed E-state index contributed by atoms with van der Waals surface area (Å²) >= 11 is 0. The Hall–Kier alpha value is -0.650. The molecule has 0 aromatic rings. The van der Waals surface area contributed by atoms with Crippen molar-refractivity contribution in [3.8, 4) is 0 Å². The molecule has 1 amide bonds. The number of unbranched alkanes of at least 4 members (excludes halogenated alkanes) is 4. The van der Waals surface area contributed by atoms with Gasteiger partial charge in [0.15, 0.2) is 0 Å². The van der Waals surface area contributed by atoms with Crippen LogP contribution in [0.25, 0.3) is 0 Å². The van der Waals surface area contributed by atoms with Crippen molar-refractivity contribution >= 4 is 5.91 Å². The van der Waals surface area contributed by atoms with Crippen molar-refractivity contribution < 1.29 is 9.53 Å². The minimum absolute atomic E-state index is 0.0380. The zero-order valence-corrected chi connectivity index (χ0v) is 11.6. The monoisotopic (exact) mass is 259 g/mol. The summed E-state index contributed by atoms with van der Waals surface area (Å²) in [5.41, 5.74) is 11.2. The fraction of sp³-hybridized carbons (Fsp3) is 0.923. The summed E-state index contributed by atoms with van der Waals surface area (Å²) in [6, 6.07) is -0.384. The third kappa shape index (κ3) is 10.5. The molecule has 108 valence electrons. The first-order valence-corrected chi connectivity index (χ1v) is 6.94. The zero-order chi connectivity index (χ0) is 13.6. The summed E-state index contributed by atoms with van der Waals surface area (Å²) in [7, 11) is 1.71. The number of nitrogens with two attached hydrogens (primary N) is 2. The average Bonchev–Trinajstić information content (AvgIpc) is 2.37. The number of rotatable bonds is 12. The Kier molecular flexibility index (Phi) is 12.3. The molecule has 0 heterocycles. The van der Waals surface area contributed by atoms with E-state index in [1.165, 1.54) is 0 Å². The van der Waals surface area contributed by atoms with Crippen molar-refractivity contribution in [3.63, 3.8) is 0 Å². The number of carbonyl (C=O) groups is 1. The quantitative estimate of drug-likeness (QED) is 0.451. The van der Waals surface area contributed by atoms with Gasteiger partial charge in [0.05, 0.1) is 6.04 Å². The SMILES string of the molecule is COCCCCCCNC(=O)C(N)CCCCN. The maximum Gasteiger partial charge on any atom is 0.236 e. The smallest absolute Gasteiger partial charge is 0.236 e. The predicted octanol–water partition coefficient (Wildman–Crippen LogP) is 0.766. The molecule has 5 nitrogen and oxygen atoms in total. The first-order chi connectivity index (χ1) is 8.72. The van der Waals surface area contributed by atoms with Crippen LogP contribution in [0.1, 0.15) is 44.9 Å². The number of ether oxygens (including phenoxy) is 1. The van der Waals surface area contributed by atoms with Crippen LogP contribution in [-0.2, 0) is 9.53 Å². The number of amides is 1. The van der Waals surface area contributed by atoms with Crippen LogP contribution in [0.5, 0.6) is 0 Å². The van der Waals surface area contributed by atoms with E-state index >= 15 is 0 Å². The summed E-state index contributed by atoms with van der Waals surface area (Å²) in [4.78, 5) is 11.6.